The summed E-state index contributed by atoms with van der Waals surface area (Å²) in [5.74, 6) is 7.26. The zero-order valence-electron chi connectivity index (χ0n) is 15.5. The van der Waals surface area contributed by atoms with E-state index in [1.165, 1.54) is 16.4 Å². The summed E-state index contributed by atoms with van der Waals surface area (Å²) in [5.41, 5.74) is 3.28. The Kier molecular flexibility index (Phi) is 5.58. The molecule has 0 unspecified atom stereocenters. The highest BCUT2D eigenvalue weighted by Crippen LogP contribution is 2.24. The Bertz CT molecular complexity index is 1110. The summed E-state index contributed by atoms with van der Waals surface area (Å²) in [4.78, 5) is 12.5. The monoisotopic (exact) mass is 401 g/mol. The SMILES string of the molecule is Nn1c(SCc2cccc(C(=O)Nc3ccccc3)c2)nnc1-c1ccccc1. The quantitative estimate of drug-likeness (QED) is 0.373. The number of benzene rings is 3. The number of para-hydroxylation sites is 1. The van der Waals surface area contributed by atoms with Gasteiger partial charge in [0, 0.05) is 22.6 Å². The summed E-state index contributed by atoms with van der Waals surface area (Å²) in [6.07, 6.45) is 0. The van der Waals surface area contributed by atoms with Gasteiger partial charge in [-0.3, -0.25) is 4.79 Å². The molecule has 7 heteroatoms. The number of carbonyl (C=O) groups is 1. The number of carbonyl (C=O) groups excluding carboxylic acids is 1. The van der Waals surface area contributed by atoms with Gasteiger partial charge in [-0.25, -0.2) is 4.68 Å². The fourth-order valence-electron chi connectivity index (χ4n) is 2.83. The van der Waals surface area contributed by atoms with Crippen LogP contribution >= 0.6 is 11.8 Å². The number of anilines is 1. The number of thioether (sulfide) groups is 1. The summed E-state index contributed by atoms with van der Waals surface area (Å²) >= 11 is 1.47. The highest BCUT2D eigenvalue weighted by atomic mass is 32.2. The third-order valence-corrected chi connectivity index (χ3v) is 5.30. The summed E-state index contributed by atoms with van der Waals surface area (Å²) in [5, 5.41) is 11.9. The van der Waals surface area contributed by atoms with Gasteiger partial charge in [0.05, 0.1) is 0 Å². The van der Waals surface area contributed by atoms with Gasteiger partial charge in [0.1, 0.15) is 0 Å². The third-order valence-electron chi connectivity index (χ3n) is 4.29. The molecule has 29 heavy (non-hydrogen) atoms. The molecule has 0 aliphatic rings. The number of nitrogens with zero attached hydrogens (tertiary/aromatic N) is 3. The molecule has 0 aliphatic heterocycles. The van der Waals surface area contributed by atoms with Crippen LogP contribution in [0.5, 0.6) is 0 Å². The minimum absolute atomic E-state index is 0.142. The molecule has 3 aromatic carbocycles. The molecule has 0 saturated carbocycles. The normalized spacial score (nSPS) is 10.6. The van der Waals surface area contributed by atoms with Gasteiger partial charge in [0.2, 0.25) is 5.16 Å². The summed E-state index contributed by atoms with van der Waals surface area (Å²) < 4.78 is 1.49. The number of nitrogen functional groups attached to an aromatic ring is 1. The number of rotatable bonds is 6. The molecule has 1 amide bonds. The minimum Gasteiger partial charge on any atom is -0.335 e. The highest BCUT2D eigenvalue weighted by Gasteiger charge is 2.13. The lowest BCUT2D eigenvalue weighted by Crippen LogP contribution is -2.12. The van der Waals surface area contributed by atoms with Crippen molar-refractivity contribution in [2.75, 3.05) is 11.2 Å². The molecular formula is C22H19N5OS. The molecule has 0 bridgehead atoms. The van der Waals surface area contributed by atoms with Crippen molar-refractivity contribution in [3.63, 3.8) is 0 Å². The highest BCUT2D eigenvalue weighted by molar-refractivity contribution is 7.98. The molecule has 0 saturated heterocycles. The van der Waals surface area contributed by atoms with E-state index in [4.69, 9.17) is 5.84 Å². The van der Waals surface area contributed by atoms with Crippen LogP contribution in [0.25, 0.3) is 11.4 Å². The summed E-state index contributed by atoms with van der Waals surface area (Å²) in [6, 6.07) is 26.6. The van der Waals surface area contributed by atoms with Crippen LogP contribution in [0, 0.1) is 0 Å². The van der Waals surface area contributed by atoms with Gasteiger partial charge in [-0.05, 0) is 29.8 Å². The third kappa shape index (κ3) is 4.47. The van der Waals surface area contributed by atoms with Crippen LogP contribution in [0.4, 0.5) is 5.69 Å². The Morgan fingerprint density at radius 2 is 1.66 bits per heavy atom. The van der Waals surface area contributed by atoms with Gasteiger partial charge in [0.25, 0.3) is 5.91 Å². The molecule has 4 rings (SSSR count). The van der Waals surface area contributed by atoms with Crippen molar-refractivity contribution in [3.8, 4) is 11.4 Å². The second-order valence-corrected chi connectivity index (χ2v) is 7.29. The molecule has 3 N–H and O–H groups in total. The number of hydrogen-bond donors (Lipinski definition) is 2. The second-order valence-electron chi connectivity index (χ2n) is 6.35. The smallest absolute Gasteiger partial charge is 0.255 e. The number of amides is 1. The van der Waals surface area contributed by atoms with Crippen LogP contribution in [-0.4, -0.2) is 20.8 Å². The van der Waals surface area contributed by atoms with Crippen LogP contribution in [0.15, 0.2) is 90.1 Å². The average molecular weight is 401 g/mol. The van der Waals surface area contributed by atoms with Crippen LogP contribution in [0.3, 0.4) is 0 Å². The largest absolute Gasteiger partial charge is 0.335 e. The van der Waals surface area contributed by atoms with Crippen LogP contribution < -0.4 is 11.2 Å². The molecule has 0 atom stereocenters. The van der Waals surface area contributed by atoms with Crippen molar-refractivity contribution < 1.29 is 4.79 Å². The van der Waals surface area contributed by atoms with Crippen molar-refractivity contribution in [3.05, 3.63) is 96.1 Å². The van der Waals surface area contributed by atoms with E-state index in [1.807, 2.05) is 78.9 Å². The first-order valence-electron chi connectivity index (χ1n) is 9.05. The van der Waals surface area contributed by atoms with E-state index in [0.717, 1.165) is 16.8 Å². The maximum atomic E-state index is 12.5. The topological polar surface area (TPSA) is 85.8 Å². The minimum atomic E-state index is -0.142. The summed E-state index contributed by atoms with van der Waals surface area (Å²) in [6.45, 7) is 0. The predicted octanol–water partition coefficient (Wildman–Crippen LogP) is 4.20. The molecule has 144 valence electrons. The Balaban J connectivity index is 1.44. The fraction of sp³-hybridized carbons (Fsp3) is 0.0455. The Morgan fingerprint density at radius 1 is 0.931 bits per heavy atom. The van der Waals surface area contributed by atoms with Crippen molar-refractivity contribution >= 4 is 23.4 Å². The number of nitrogens with one attached hydrogen (secondary N) is 1. The van der Waals surface area contributed by atoms with Crippen molar-refractivity contribution in [2.45, 2.75) is 10.9 Å². The van der Waals surface area contributed by atoms with E-state index < -0.39 is 0 Å². The standard InChI is InChI=1S/C22H19N5OS/c23-27-20(17-9-3-1-4-10-17)25-26-22(27)29-15-16-8-7-11-18(14-16)21(28)24-19-12-5-2-6-13-19/h1-14H,15,23H2,(H,24,28). The molecule has 0 spiro atoms. The van der Waals surface area contributed by atoms with Crippen LogP contribution in [-0.2, 0) is 5.75 Å². The lowest BCUT2D eigenvalue weighted by atomic mass is 10.1. The first-order chi connectivity index (χ1) is 14.2. The van der Waals surface area contributed by atoms with E-state index >= 15 is 0 Å². The molecule has 1 aromatic heterocycles. The number of hydrogen-bond acceptors (Lipinski definition) is 5. The zero-order valence-corrected chi connectivity index (χ0v) is 16.3. The van der Waals surface area contributed by atoms with Gasteiger partial charge in [-0.1, -0.05) is 72.4 Å². The predicted molar refractivity (Wildman–Crippen MR) is 116 cm³/mol. The lowest BCUT2D eigenvalue weighted by molar-refractivity contribution is 0.102. The average Bonchev–Trinajstić information content (AvgIpc) is 3.14. The van der Waals surface area contributed by atoms with Crippen molar-refractivity contribution in [1.29, 1.82) is 0 Å². The van der Waals surface area contributed by atoms with E-state index in [1.54, 1.807) is 6.07 Å². The van der Waals surface area contributed by atoms with Crippen LogP contribution in [0.1, 0.15) is 15.9 Å². The molecule has 4 aromatic rings. The van der Waals surface area contributed by atoms with Gasteiger partial charge in [0.15, 0.2) is 5.82 Å². The lowest BCUT2D eigenvalue weighted by Gasteiger charge is -2.07. The Labute approximate surface area is 172 Å². The molecule has 0 radical (unpaired) electrons. The van der Waals surface area contributed by atoms with Crippen molar-refractivity contribution in [1.82, 2.24) is 14.9 Å². The van der Waals surface area contributed by atoms with E-state index in [9.17, 15) is 4.79 Å². The van der Waals surface area contributed by atoms with Gasteiger partial charge in [-0.15, -0.1) is 10.2 Å². The Hall–Kier alpha value is -3.58. The van der Waals surface area contributed by atoms with Gasteiger partial charge in [-0.2, -0.15) is 0 Å². The van der Waals surface area contributed by atoms with Crippen molar-refractivity contribution in [2.24, 2.45) is 0 Å². The van der Waals surface area contributed by atoms with Crippen LogP contribution in [0.2, 0.25) is 0 Å². The fourth-order valence-corrected chi connectivity index (χ4v) is 3.63. The maximum Gasteiger partial charge on any atom is 0.255 e. The van der Waals surface area contributed by atoms with E-state index in [0.29, 0.717) is 22.3 Å². The van der Waals surface area contributed by atoms with Gasteiger partial charge >= 0.3 is 0 Å². The van der Waals surface area contributed by atoms with E-state index in [2.05, 4.69) is 15.5 Å². The Morgan fingerprint density at radius 3 is 2.41 bits per heavy atom. The molecule has 0 aliphatic carbocycles. The summed E-state index contributed by atoms with van der Waals surface area (Å²) in [7, 11) is 0. The molecule has 1 heterocycles. The van der Waals surface area contributed by atoms with E-state index in [-0.39, 0.29) is 5.91 Å². The maximum absolute atomic E-state index is 12.5. The zero-order chi connectivity index (χ0) is 20.1. The molecular weight excluding hydrogens is 382 g/mol. The number of aromatic nitrogens is 3. The molecule has 6 nitrogen and oxygen atoms in total. The molecule has 0 fully saturated rings. The number of nitrogens with two attached hydrogens (primary N) is 1. The first-order valence-corrected chi connectivity index (χ1v) is 10.0. The second kappa shape index (κ2) is 8.62. The van der Waals surface area contributed by atoms with Gasteiger partial charge < -0.3 is 11.2 Å². The first kappa shape index (κ1) is 18.8.